The Hall–Kier alpha value is -1.96. The highest BCUT2D eigenvalue weighted by atomic mass is 79.9. The molecule has 0 radical (unpaired) electrons. The zero-order valence-corrected chi connectivity index (χ0v) is 11.9. The molecule has 0 aliphatic carbocycles. The van der Waals surface area contributed by atoms with Gasteiger partial charge in [0, 0.05) is 30.7 Å². The predicted octanol–water partition coefficient (Wildman–Crippen LogP) is 0.527. The van der Waals surface area contributed by atoms with Crippen molar-refractivity contribution in [3.63, 3.8) is 0 Å². The van der Waals surface area contributed by atoms with Gasteiger partial charge in [-0.05, 0) is 22.0 Å². The third-order valence-corrected chi connectivity index (χ3v) is 3.00. The fraction of sp³-hybridized carbons (Fsp3) is 0.273. The highest BCUT2D eigenvalue weighted by molar-refractivity contribution is 9.10. The number of hydrogen-bond donors (Lipinski definition) is 2. The Morgan fingerprint density at radius 2 is 2.37 bits per heavy atom. The molecular weight excluding hydrogens is 312 g/mol. The number of halogens is 1. The Morgan fingerprint density at radius 1 is 1.58 bits per heavy atom. The first-order chi connectivity index (χ1) is 9.08. The summed E-state index contributed by atoms with van der Waals surface area (Å²) in [7, 11) is 1.85. The number of nitrogens with two attached hydrogens (primary N) is 1. The first kappa shape index (κ1) is 13.5. The number of carbonyl (C=O) groups excluding carboxylic acids is 1. The van der Waals surface area contributed by atoms with Gasteiger partial charge in [-0.15, -0.1) is 10.2 Å². The fourth-order valence-electron chi connectivity index (χ4n) is 1.55. The average molecular weight is 325 g/mol. The molecule has 0 saturated heterocycles. The number of aryl methyl sites for hydroxylation is 1. The lowest BCUT2D eigenvalue weighted by Gasteiger charge is -2.07. The third kappa shape index (κ3) is 3.28. The van der Waals surface area contributed by atoms with Crippen LogP contribution >= 0.6 is 15.9 Å². The molecular formula is C11H13BrN6O. The second kappa shape index (κ2) is 5.79. The Bertz CT molecular complexity index is 597. The van der Waals surface area contributed by atoms with E-state index in [1.807, 2.05) is 7.05 Å². The van der Waals surface area contributed by atoms with E-state index >= 15 is 0 Å². The van der Waals surface area contributed by atoms with Crippen molar-refractivity contribution in [3.8, 4) is 0 Å². The topological polar surface area (TPSA) is 98.7 Å². The number of rotatable bonds is 4. The number of hydrogen-bond acceptors (Lipinski definition) is 5. The summed E-state index contributed by atoms with van der Waals surface area (Å²) < 4.78 is 2.52. The summed E-state index contributed by atoms with van der Waals surface area (Å²) in [5.41, 5.74) is 6.02. The third-order valence-electron chi connectivity index (χ3n) is 2.57. The van der Waals surface area contributed by atoms with E-state index in [0.717, 1.165) is 5.82 Å². The highest BCUT2D eigenvalue weighted by Gasteiger charge is 2.11. The van der Waals surface area contributed by atoms with Crippen molar-refractivity contribution in [1.29, 1.82) is 0 Å². The van der Waals surface area contributed by atoms with E-state index in [9.17, 15) is 4.79 Å². The standard InChI is InChI=1S/C11H13BrN6O/c1-18-6-16-17-9(18)2-3-14-11(19)8-4-7(12)5-15-10(8)13/h4-6H,2-3H2,1H3,(H2,13,15)(H,14,19). The van der Waals surface area contributed by atoms with Crippen LogP contribution in [0.5, 0.6) is 0 Å². The van der Waals surface area contributed by atoms with Crippen LogP contribution in [0.1, 0.15) is 16.2 Å². The van der Waals surface area contributed by atoms with Gasteiger partial charge in [0.25, 0.3) is 5.91 Å². The minimum atomic E-state index is -0.256. The number of aromatic nitrogens is 4. The summed E-state index contributed by atoms with van der Waals surface area (Å²) in [6.07, 6.45) is 3.77. The molecule has 0 atom stereocenters. The summed E-state index contributed by atoms with van der Waals surface area (Å²) in [5, 5.41) is 10.5. The van der Waals surface area contributed by atoms with Crippen LogP contribution in [0.25, 0.3) is 0 Å². The van der Waals surface area contributed by atoms with E-state index in [1.54, 1.807) is 23.2 Å². The van der Waals surface area contributed by atoms with Gasteiger partial charge >= 0.3 is 0 Å². The maximum absolute atomic E-state index is 11.9. The minimum Gasteiger partial charge on any atom is -0.383 e. The SMILES string of the molecule is Cn1cnnc1CCNC(=O)c1cc(Br)cnc1N. The molecule has 3 N–H and O–H groups in total. The summed E-state index contributed by atoms with van der Waals surface area (Å²) in [4.78, 5) is 15.9. The van der Waals surface area contributed by atoms with E-state index in [-0.39, 0.29) is 11.7 Å². The van der Waals surface area contributed by atoms with Crippen molar-refractivity contribution in [1.82, 2.24) is 25.1 Å². The quantitative estimate of drug-likeness (QED) is 0.854. The van der Waals surface area contributed by atoms with Crippen LogP contribution in [0.2, 0.25) is 0 Å². The Morgan fingerprint density at radius 3 is 3.05 bits per heavy atom. The molecule has 100 valence electrons. The van der Waals surface area contributed by atoms with Crippen LogP contribution in [-0.4, -0.2) is 32.2 Å². The predicted molar refractivity (Wildman–Crippen MR) is 73.4 cm³/mol. The summed E-state index contributed by atoms with van der Waals surface area (Å²) in [6.45, 7) is 0.456. The van der Waals surface area contributed by atoms with Crippen molar-refractivity contribution in [2.24, 2.45) is 7.05 Å². The second-order valence-corrected chi connectivity index (χ2v) is 4.87. The van der Waals surface area contributed by atoms with E-state index < -0.39 is 0 Å². The first-order valence-corrected chi connectivity index (χ1v) is 6.39. The van der Waals surface area contributed by atoms with Crippen molar-refractivity contribution >= 4 is 27.7 Å². The van der Waals surface area contributed by atoms with Gasteiger partial charge < -0.3 is 15.6 Å². The van der Waals surface area contributed by atoms with E-state index in [1.165, 1.54) is 0 Å². The Balaban J connectivity index is 1.94. The Kier molecular flexibility index (Phi) is 4.10. The number of amides is 1. The van der Waals surface area contributed by atoms with E-state index in [2.05, 4.69) is 36.4 Å². The van der Waals surface area contributed by atoms with Crippen molar-refractivity contribution in [2.75, 3.05) is 12.3 Å². The fourth-order valence-corrected chi connectivity index (χ4v) is 1.88. The van der Waals surface area contributed by atoms with Crippen LogP contribution in [0.15, 0.2) is 23.1 Å². The number of anilines is 1. The second-order valence-electron chi connectivity index (χ2n) is 3.95. The molecule has 2 aromatic rings. The molecule has 8 heteroatoms. The van der Waals surface area contributed by atoms with Crippen LogP contribution in [0.4, 0.5) is 5.82 Å². The average Bonchev–Trinajstić information content (AvgIpc) is 2.78. The molecule has 7 nitrogen and oxygen atoms in total. The van der Waals surface area contributed by atoms with Crippen LogP contribution in [0, 0.1) is 0 Å². The lowest BCUT2D eigenvalue weighted by Crippen LogP contribution is -2.27. The van der Waals surface area contributed by atoms with Crippen LogP contribution < -0.4 is 11.1 Å². The summed E-state index contributed by atoms with van der Waals surface area (Å²) in [5.74, 6) is 0.758. The summed E-state index contributed by atoms with van der Waals surface area (Å²) >= 11 is 3.25. The van der Waals surface area contributed by atoms with E-state index in [4.69, 9.17) is 5.73 Å². The van der Waals surface area contributed by atoms with Crippen molar-refractivity contribution in [2.45, 2.75) is 6.42 Å². The number of nitrogens with zero attached hydrogens (tertiary/aromatic N) is 4. The molecule has 19 heavy (non-hydrogen) atoms. The van der Waals surface area contributed by atoms with Gasteiger partial charge in [-0.2, -0.15) is 0 Å². The molecule has 2 heterocycles. The van der Waals surface area contributed by atoms with Gasteiger partial charge in [0.15, 0.2) is 0 Å². The van der Waals surface area contributed by atoms with E-state index in [0.29, 0.717) is 23.0 Å². The monoisotopic (exact) mass is 324 g/mol. The van der Waals surface area contributed by atoms with Crippen molar-refractivity contribution in [3.05, 3.63) is 34.5 Å². The normalized spacial score (nSPS) is 10.4. The lowest BCUT2D eigenvalue weighted by atomic mass is 10.2. The Labute approximate surface area is 118 Å². The number of nitrogens with one attached hydrogen (secondary N) is 1. The number of carbonyl (C=O) groups is 1. The molecule has 1 amide bonds. The van der Waals surface area contributed by atoms with Gasteiger partial charge in [0.05, 0.1) is 5.56 Å². The molecule has 0 spiro atoms. The highest BCUT2D eigenvalue weighted by Crippen LogP contribution is 2.15. The maximum atomic E-state index is 11.9. The molecule has 2 aromatic heterocycles. The van der Waals surface area contributed by atoms with Gasteiger partial charge in [-0.3, -0.25) is 4.79 Å². The van der Waals surface area contributed by atoms with Gasteiger partial charge in [0.2, 0.25) is 0 Å². The smallest absolute Gasteiger partial charge is 0.255 e. The summed E-state index contributed by atoms with van der Waals surface area (Å²) in [6, 6.07) is 1.64. The minimum absolute atomic E-state index is 0.208. The largest absolute Gasteiger partial charge is 0.383 e. The number of pyridine rings is 1. The zero-order valence-electron chi connectivity index (χ0n) is 10.3. The zero-order chi connectivity index (χ0) is 13.8. The molecule has 0 aromatic carbocycles. The molecule has 0 saturated carbocycles. The maximum Gasteiger partial charge on any atom is 0.255 e. The molecule has 0 bridgehead atoms. The van der Waals surface area contributed by atoms with Gasteiger partial charge in [-0.25, -0.2) is 4.98 Å². The number of nitrogen functional groups attached to an aromatic ring is 1. The molecule has 0 fully saturated rings. The van der Waals surface area contributed by atoms with Crippen LogP contribution in [0.3, 0.4) is 0 Å². The molecule has 0 aliphatic heterocycles. The molecule has 2 rings (SSSR count). The van der Waals surface area contributed by atoms with Crippen LogP contribution in [-0.2, 0) is 13.5 Å². The molecule has 0 unspecified atom stereocenters. The first-order valence-electron chi connectivity index (χ1n) is 5.60. The molecule has 0 aliphatic rings. The van der Waals surface area contributed by atoms with Gasteiger partial charge in [-0.1, -0.05) is 0 Å². The van der Waals surface area contributed by atoms with Gasteiger partial charge in [0.1, 0.15) is 18.0 Å². The van der Waals surface area contributed by atoms with Crippen molar-refractivity contribution < 1.29 is 4.79 Å². The lowest BCUT2D eigenvalue weighted by molar-refractivity contribution is 0.0954.